The monoisotopic (exact) mass is 370 g/mol. The van der Waals surface area contributed by atoms with Crippen molar-refractivity contribution in [2.45, 2.75) is 12.8 Å². The molecule has 0 aromatic heterocycles. The van der Waals surface area contributed by atoms with Gasteiger partial charge in [-0.3, -0.25) is 9.59 Å². The molecule has 7 heteroatoms. The van der Waals surface area contributed by atoms with Crippen LogP contribution in [0.25, 0.3) is 0 Å². The molecule has 1 aliphatic heterocycles. The van der Waals surface area contributed by atoms with Crippen molar-refractivity contribution in [1.82, 2.24) is 0 Å². The molecule has 2 aromatic rings. The average Bonchev–Trinajstić information content (AvgIpc) is 3.12. The van der Waals surface area contributed by atoms with Crippen LogP contribution < -0.4 is 24.4 Å². The molecular weight excluding hydrogens is 348 g/mol. The molecule has 1 saturated heterocycles. The topological polar surface area (TPSA) is 77.1 Å². The fourth-order valence-electron chi connectivity index (χ4n) is 3.12. The smallest absolute Gasteiger partial charge is 0.255 e. The predicted molar refractivity (Wildman–Crippen MR) is 102 cm³/mol. The highest BCUT2D eigenvalue weighted by atomic mass is 16.5. The van der Waals surface area contributed by atoms with E-state index < -0.39 is 0 Å². The van der Waals surface area contributed by atoms with Gasteiger partial charge in [-0.25, -0.2) is 0 Å². The fraction of sp³-hybridized carbons (Fsp3) is 0.300. The molecule has 0 unspecified atom stereocenters. The van der Waals surface area contributed by atoms with Gasteiger partial charge in [0.2, 0.25) is 11.7 Å². The van der Waals surface area contributed by atoms with Crippen LogP contribution in [0.4, 0.5) is 11.4 Å². The van der Waals surface area contributed by atoms with Gasteiger partial charge in [-0.2, -0.15) is 0 Å². The van der Waals surface area contributed by atoms with Crippen LogP contribution in [0.2, 0.25) is 0 Å². The SMILES string of the molecule is COc1cc(C(=O)Nc2ccccc2N2CCCC2=O)cc(OC)c1OC. The molecule has 0 bridgehead atoms. The van der Waals surface area contributed by atoms with Gasteiger partial charge in [0.05, 0.1) is 32.7 Å². The molecule has 3 rings (SSSR count). The zero-order chi connectivity index (χ0) is 19.4. The summed E-state index contributed by atoms with van der Waals surface area (Å²) >= 11 is 0. The zero-order valence-corrected chi connectivity index (χ0v) is 15.6. The second-order valence-electron chi connectivity index (χ2n) is 6.03. The second kappa shape index (κ2) is 7.99. The number of methoxy groups -OCH3 is 3. The Morgan fingerprint density at radius 3 is 2.26 bits per heavy atom. The number of ether oxygens (including phenoxy) is 3. The molecule has 0 radical (unpaired) electrons. The predicted octanol–water partition coefficient (Wildman–Crippen LogP) is 3.09. The maximum atomic E-state index is 12.8. The molecule has 7 nitrogen and oxygen atoms in total. The van der Waals surface area contributed by atoms with Crippen LogP contribution in [0.15, 0.2) is 36.4 Å². The highest BCUT2D eigenvalue weighted by molar-refractivity contribution is 6.08. The largest absolute Gasteiger partial charge is 0.493 e. The van der Waals surface area contributed by atoms with Gasteiger partial charge >= 0.3 is 0 Å². The van der Waals surface area contributed by atoms with Crippen molar-refractivity contribution in [2.75, 3.05) is 38.1 Å². The number of amides is 2. The van der Waals surface area contributed by atoms with Crippen molar-refractivity contribution < 1.29 is 23.8 Å². The van der Waals surface area contributed by atoms with Gasteiger partial charge in [0, 0.05) is 18.5 Å². The van der Waals surface area contributed by atoms with Gasteiger partial charge in [0.15, 0.2) is 11.5 Å². The third kappa shape index (κ3) is 3.67. The minimum absolute atomic E-state index is 0.0597. The van der Waals surface area contributed by atoms with Crippen LogP contribution in [0.5, 0.6) is 17.2 Å². The summed E-state index contributed by atoms with van der Waals surface area (Å²) in [6.45, 7) is 0.649. The van der Waals surface area contributed by atoms with Crippen molar-refractivity contribution in [3.05, 3.63) is 42.0 Å². The summed E-state index contributed by atoms with van der Waals surface area (Å²) in [6, 6.07) is 10.4. The van der Waals surface area contributed by atoms with E-state index in [0.29, 0.717) is 47.2 Å². The highest BCUT2D eigenvalue weighted by Gasteiger charge is 2.24. The summed E-state index contributed by atoms with van der Waals surface area (Å²) in [5, 5.41) is 2.88. The Labute approximate surface area is 157 Å². The van der Waals surface area contributed by atoms with Gasteiger partial charge in [-0.05, 0) is 30.7 Å². The molecule has 0 spiro atoms. The number of hydrogen-bond donors (Lipinski definition) is 1. The molecule has 1 heterocycles. The van der Waals surface area contributed by atoms with Crippen molar-refractivity contribution in [3.8, 4) is 17.2 Å². The van der Waals surface area contributed by atoms with E-state index in [1.165, 1.54) is 21.3 Å². The molecule has 0 saturated carbocycles. The molecule has 0 atom stereocenters. The number of para-hydroxylation sites is 2. The minimum atomic E-state index is -0.339. The van der Waals surface area contributed by atoms with Gasteiger partial charge in [-0.1, -0.05) is 12.1 Å². The van der Waals surface area contributed by atoms with Crippen molar-refractivity contribution in [3.63, 3.8) is 0 Å². The maximum Gasteiger partial charge on any atom is 0.255 e. The first-order chi connectivity index (χ1) is 13.1. The normalized spacial score (nSPS) is 13.4. The number of carbonyl (C=O) groups is 2. The van der Waals surface area contributed by atoms with Crippen LogP contribution in [0, 0.1) is 0 Å². The molecule has 2 amide bonds. The fourth-order valence-corrected chi connectivity index (χ4v) is 3.12. The minimum Gasteiger partial charge on any atom is -0.493 e. The summed E-state index contributed by atoms with van der Waals surface area (Å²) in [4.78, 5) is 26.6. The third-order valence-corrected chi connectivity index (χ3v) is 4.44. The lowest BCUT2D eigenvalue weighted by atomic mass is 10.1. The Morgan fingerprint density at radius 1 is 1.04 bits per heavy atom. The van der Waals surface area contributed by atoms with E-state index in [4.69, 9.17) is 14.2 Å². The van der Waals surface area contributed by atoms with Gasteiger partial charge in [0.1, 0.15) is 0 Å². The summed E-state index contributed by atoms with van der Waals surface area (Å²) < 4.78 is 15.9. The molecular formula is C20H22N2O5. The molecule has 0 aliphatic carbocycles. The van der Waals surface area contributed by atoms with Gasteiger partial charge < -0.3 is 24.4 Å². The Balaban J connectivity index is 1.92. The first-order valence-corrected chi connectivity index (χ1v) is 8.59. The first-order valence-electron chi connectivity index (χ1n) is 8.59. The van der Waals surface area contributed by atoms with E-state index >= 15 is 0 Å². The summed E-state index contributed by atoms with van der Waals surface area (Å²) in [6.07, 6.45) is 1.34. The molecule has 1 aliphatic rings. The lowest BCUT2D eigenvalue weighted by molar-refractivity contribution is -0.117. The van der Waals surface area contributed by atoms with Gasteiger partial charge in [0.25, 0.3) is 5.91 Å². The summed E-state index contributed by atoms with van der Waals surface area (Å²) in [7, 11) is 4.49. The Bertz CT molecular complexity index is 840. The van der Waals surface area contributed by atoms with E-state index in [1.807, 2.05) is 18.2 Å². The number of hydrogen-bond acceptors (Lipinski definition) is 5. The summed E-state index contributed by atoms with van der Waals surface area (Å²) in [5.41, 5.74) is 1.62. The Kier molecular flexibility index (Phi) is 5.49. The van der Waals surface area contributed by atoms with E-state index in [-0.39, 0.29) is 11.8 Å². The van der Waals surface area contributed by atoms with Crippen molar-refractivity contribution in [2.24, 2.45) is 0 Å². The molecule has 1 N–H and O–H groups in total. The highest BCUT2D eigenvalue weighted by Crippen LogP contribution is 2.38. The first kappa shape index (κ1) is 18.6. The molecule has 2 aromatic carbocycles. The quantitative estimate of drug-likeness (QED) is 0.846. The van der Waals surface area contributed by atoms with Crippen LogP contribution in [-0.4, -0.2) is 39.7 Å². The van der Waals surface area contributed by atoms with E-state index in [9.17, 15) is 9.59 Å². The maximum absolute atomic E-state index is 12.8. The number of benzene rings is 2. The van der Waals surface area contributed by atoms with Gasteiger partial charge in [-0.15, -0.1) is 0 Å². The van der Waals surface area contributed by atoms with E-state index in [0.717, 1.165) is 6.42 Å². The van der Waals surface area contributed by atoms with Crippen LogP contribution in [0.3, 0.4) is 0 Å². The Morgan fingerprint density at radius 2 is 1.70 bits per heavy atom. The second-order valence-corrected chi connectivity index (χ2v) is 6.03. The van der Waals surface area contributed by atoms with Crippen LogP contribution in [0.1, 0.15) is 23.2 Å². The Hall–Kier alpha value is -3.22. The number of nitrogens with one attached hydrogen (secondary N) is 1. The molecule has 1 fully saturated rings. The number of carbonyl (C=O) groups excluding carboxylic acids is 2. The number of nitrogens with zero attached hydrogens (tertiary/aromatic N) is 1. The third-order valence-electron chi connectivity index (χ3n) is 4.44. The van der Waals surface area contributed by atoms with E-state index in [1.54, 1.807) is 23.1 Å². The number of anilines is 2. The lowest BCUT2D eigenvalue weighted by Crippen LogP contribution is -2.25. The van der Waals surface area contributed by atoms with Crippen molar-refractivity contribution in [1.29, 1.82) is 0 Å². The zero-order valence-electron chi connectivity index (χ0n) is 15.6. The average molecular weight is 370 g/mol. The lowest BCUT2D eigenvalue weighted by Gasteiger charge is -2.20. The number of rotatable bonds is 6. The standard InChI is InChI=1S/C20H22N2O5/c1-25-16-11-13(12-17(26-2)19(16)27-3)20(24)21-14-7-4-5-8-15(14)22-10-6-9-18(22)23/h4-5,7-8,11-12H,6,9-10H2,1-3H3,(H,21,24). The molecule has 27 heavy (non-hydrogen) atoms. The molecule has 142 valence electrons. The van der Waals surface area contributed by atoms with Crippen LogP contribution >= 0.6 is 0 Å². The van der Waals surface area contributed by atoms with Crippen molar-refractivity contribution >= 4 is 23.2 Å². The van der Waals surface area contributed by atoms with Crippen LogP contribution in [-0.2, 0) is 4.79 Å². The summed E-state index contributed by atoms with van der Waals surface area (Å²) in [5.74, 6) is 0.924. The van der Waals surface area contributed by atoms with E-state index in [2.05, 4.69) is 5.32 Å².